The van der Waals surface area contributed by atoms with Crippen molar-refractivity contribution in [1.29, 1.82) is 5.26 Å². The molecule has 2 aromatic rings. The lowest BCUT2D eigenvalue weighted by Gasteiger charge is -2.01. The third-order valence-electron chi connectivity index (χ3n) is 3.36. The number of aromatic nitrogens is 1. The van der Waals surface area contributed by atoms with Crippen LogP contribution in [0.3, 0.4) is 0 Å². The maximum absolute atomic E-state index is 13.2. The van der Waals surface area contributed by atoms with Gasteiger partial charge in [0.15, 0.2) is 0 Å². The number of rotatable bonds is 2. The lowest BCUT2D eigenvalue weighted by molar-refractivity contribution is 0.619. The van der Waals surface area contributed by atoms with Gasteiger partial charge in [0.25, 0.3) is 0 Å². The van der Waals surface area contributed by atoms with E-state index in [4.69, 9.17) is 5.26 Å². The Balaban J connectivity index is 1.98. The second kappa shape index (κ2) is 3.89. The van der Waals surface area contributed by atoms with Crippen LogP contribution in [0.1, 0.15) is 24.1 Å². The number of nitrogens with zero attached hydrogens (tertiary/aromatic N) is 2. The molecule has 0 radical (unpaired) electrons. The summed E-state index contributed by atoms with van der Waals surface area (Å²) in [5.41, 5.74) is 2.06. The highest BCUT2D eigenvalue weighted by Gasteiger charge is 2.47. The van der Waals surface area contributed by atoms with E-state index in [1.54, 1.807) is 19.1 Å². The molecule has 0 aliphatic heterocycles. The van der Waals surface area contributed by atoms with Gasteiger partial charge in [0.1, 0.15) is 16.2 Å². The van der Waals surface area contributed by atoms with E-state index in [9.17, 15) is 4.39 Å². The highest BCUT2D eigenvalue weighted by molar-refractivity contribution is 7.13. The van der Waals surface area contributed by atoms with E-state index in [-0.39, 0.29) is 11.2 Å². The average Bonchev–Trinajstić information content (AvgIpc) is 3.02. The third-order valence-corrected chi connectivity index (χ3v) is 4.25. The summed E-state index contributed by atoms with van der Waals surface area (Å²) >= 11 is 1.51. The second-order valence-corrected chi connectivity index (χ2v) is 5.55. The van der Waals surface area contributed by atoms with E-state index in [2.05, 4.69) is 11.1 Å². The smallest absolute Gasteiger partial charge is 0.126 e. The van der Waals surface area contributed by atoms with Crippen molar-refractivity contribution in [2.45, 2.75) is 25.2 Å². The zero-order chi connectivity index (χ0) is 12.8. The third kappa shape index (κ3) is 1.72. The van der Waals surface area contributed by atoms with Gasteiger partial charge in [-0.05, 0) is 43.5 Å². The van der Waals surface area contributed by atoms with Crippen LogP contribution >= 0.6 is 11.3 Å². The van der Waals surface area contributed by atoms with Gasteiger partial charge in [0.2, 0.25) is 0 Å². The monoisotopic (exact) mass is 258 g/mol. The molecule has 1 aliphatic carbocycles. The molecule has 0 unspecified atom stereocenters. The summed E-state index contributed by atoms with van der Waals surface area (Å²) in [6, 6.07) is 7.33. The molecule has 1 heterocycles. The lowest BCUT2D eigenvalue weighted by atomic mass is 10.1. The number of thiazole rings is 1. The van der Waals surface area contributed by atoms with Gasteiger partial charge in [-0.2, -0.15) is 5.26 Å². The van der Waals surface area contributed by atoms with E-state index in [1.807, 2.05) is 5.38 Å². The summed E-state index contributed by atoms with van der Waals surface area (Å²) in [7, 11) is 0. The number of halogens is 1. The molecule has 0 N–H and O–H groups in total. The fraction of sp³-hybridized carbons (Fsp3) is 0.286. The van der Waals surface area contributed by atoms with Crippen molar-refractivity contribution in [2.75, 3.05) is 0 Å². The quantitative estimate of drug-likeness (QED) is 0.821. The predicted octanol–water partition coefficient (Wildman–Crippen LogP) is 3.81. The molecule has 0 spiro atoms. The topological polar surface area (TPSA) is 36.7 Å². The van der Waals surface area contributed by atoms with E-state index >= 15 is 0 Å². The zero-order valence-corrected chi connectivity index (χ0v) is 10.7. The van der Waals surface area contributed by atoms with Gasteiger partial charge in [0.05, 0.1) is 11.8 Å². The molecule has 0 amide bonds. The summed E-state index contributed by atoms with van der Waals surface area (Å²) in [5, 5.41) is 11.9. The molecule has 0 bridgehead atoms. The first-order chi connectivity index (χ1) is 8.64. The average molecular weight is 258 g/mol. The summed E-state index contributed by atoms with van der Waals surface area (Å²) in [6.07, 6.45) is 1.80. The summed E-state index contributed by atoms with van der Waals surface area (Å²) in [5.74, 6) is -0.203. The molecule has 3 rings (SSSR count). The Morgan fingerprint density at radius 1 is 1.44 bits per heavy atom. The van der Waals surface area contributed by atoms with E-state index in [1.165, 1.54) is 17.4 Å². The van der Waals surface area contributed by atoms with Gasteiger partial charge in [-0.1, -0.05) is 0 Å². The highest BCUT2D eigenvalue weighted by atomic mass is 32.1. The van der Waals surface area contributed by atoms with Crippen LogP contribution in [0.15, 0.2) is 23.6 Å². The normalized spacial score (nSPS) is 16.3. The van der Waals surface area contributed by atoms with E-state index in [0.29, 0.717) is 5.56 Å². The van der Waals surface area contributed by atoms with Crippen LogP contribution in [0.4, 0.5) is 4.39 Å². The van der Waals surface area contributed by atoms with Crippen LogP contribution < -0.4 is 0 Å². The maximum atomic E-state index is 13.2. The van der Waals surface area contributed by atoms with E-state index < -0.39 is 0 Å². The minimum absolute atomic E-state index is 0.203. The van der Waals surface area contributed by atoms with Crippen LogP contribution in [-0.4, -0.2) is 4.98 Å². The van der Waals surface area contributed by atoms with Crippen LogP contribution in [0.25, 0.3) is 10.6 Å². The van der Waals surface area contributed by atoms with Gasteiger partial charge in [-0.25, -0.2) is 9.37 Å². The first kappa shape index (κ1) is 11.4. The molecule has 1 aliphatic rings. The van der Waals surface area contributed by atoms with Crippen LogP contribution in [0.5, 0.6) is 0 Å². The Bertz CT molecular complexity index is 650. The number of hydrogen-bond donors (Lipinski definition) is 0. The fourth-order valence-corrected chi connectivity index (χ4v) is 2.87. The zero-order valence-electron chi connectivity index (χ0n) is 9.90. The molecule has 1 saturated carbocycles. The predicted molar refractivity (Wildman–Crippen MR) is 68.8 cm³/mol. The van der Waals surface area contributed by atoms with Crippen molar-refractivity contribution in [1.82, 2.24) is 4.98 Å². The van der Waals surface area contributed by atoms with Gasteiger partial charge in [0, 0.05) is 10.9 Å². The number of benzene rings is 1. The molecule has 1 fully saturated rings. The first-order valence-corrected chi connectivity index (χ1v) is 6.66. The molecular formula is C14H11FN2S. The SMILES string of the molecule is Cc1cc(-c2nc(C3(C#N)CC3)cs2)ccc1F. The number of aryl methyl sites for hydroxylation is 1. The Morgan fingerprint density at radius 3 is 2.83 bits per heavy atom. The standard InChI is InChI=1S/C14H11FN2S/c1-9-6-10(2-3-11(9)15)13-17-12(7-18-13)14(8-16)4-5-14/h2-3,6-7H,4-5H2,1H3. The molecule has 0 saturated heterocycles. The number of nitriles is 1. The molecule has 18 heavy (non-hydrogen) atoms. The molecule has 90 valence electrons. The molecule has 1 aromatic carbocycles. The second-order valence-electron chi connectivity index (χ2n) is 4.70. The van der Waals surface area contributed by atoms with Gasteiger partial charge < -0.3 is 0 Å². The van der Waals surface area contributed by atoms with Crippen LogP contribution in [0.2, 0.25) is 0 Å². The summed E-state index contributed by atoms with van der Waals surface area (Å²) in [6.45, 7) is 1.74. The van der Waals surface area contributed by atoms with Crippen molar-refractivity contribution in [2.24, 2.45) is 0 Å². The van der Waals surface area contributed by atoms with Crippen LogP contribution in [-0.2, 0) is 5.41 Å². The highest BCUT2D eigenvalue weighted by Crippen LogP contribution is 2.48. The molecular weight excluding hydrogens is 247 g/mol. The van der Waals surface area contributed by atoms with Crippen molar-refractivity contribution in [3.63, 3.8) is 0 Å². The van der Waals surface area contributed by atoms with Gasteiger partial charge in [-0.3, -0.25) is 0 Å². The molecule has 4 heteroatoms. The Labute approximate surface area is 109 Å². The fourth-order valence-electron chi connectivity index (χ4n) is 1.95. The number of hydrogen-bond acceptors (Lipinski definition) is 3. The molecule has 1 aromatic heterocycles. The Hall–Kier alpha value is -1.73. The Morgan fingerprint density at radius 2 is 2.22 bits per heavy atom. The van der Waals surface area contributed by atoms with Crippen molar-refractivity contribution < 1.29 is 4.39 Å². The Kier molecular flexibility index (Phi) is 2.46. The molecule has 0 atom stereocenters. The summed E-state index contributed by atoms with van der Waals surface area (Å²) in [4.78, 5) is 4.53. The molecule has 2 nitrogen and oxygen atoms in total. The first-order valence-electron chi connectivity index (χ1n) is 5.78. The van der Waals surface area contributed by atoms with Crippen molar-refractivity contribution >= 4 is 11.3 Å². The largest absolute Gasteiger partial charge is 0.239 e. The van der Waals surface area contributed by atoms with Crippen molar-refractivity contribution in [3.05, 3.63) is 40.7 Å². The van der Waals surface area contributed by atoms with Crippen molar-refractivity contribution in [3.8, 4) is 16.6 Å². The maximum Gasteiger partial charge on any atom is 0.126 e. The minimum atomic E-state index is -0.343. The van der Waals surface area contributed by atoms with Gasteiger partial charge in [-0.15, -0.1) is 11.3 Å². The summed E-state index contributed by atoms with van der Waals surface area (Å²) < 4.78 is 13.2. The van der Waals surface area contributed by atoms with Crippen LogP contribution in [0, 0.1) is 24.1 Å². The lowest BCUT2D eigenvalue weighted by Crippen LogP contribution is -2.02. The van der Waals surface area contributed by atoms with E-state index in [0.717, 1.165) is 29.1 Å². The minimum Gasteiger partial charge on any atom is -0.239 e. The van der Waals surface area contributed by atoms with Gasteiger partial charge >= 0.3 is 0 Å².